The highest BCUT2D eigenvalue weighted by Crippen LogP contribution is 2.27. The Bertz CT molecular complexity index is 644. The van der Waals surface area contributed by atoms with Crippen molar-refractivity contribution in [1.82, 2.24) is 4.90 Å². The SMILES string of the molecule is COc1ccc(NC(N)=NCCC(C)N(C)C(=O)OC(C)(C)C)cc1Cl. The van der Waals surface area contributed by atoms with E-state index < -0.39 is 5.60 Å². The zero-order valence-electron chi connectivity index (χ0n) is 16.3. The highest BCUT2D eigenvalue weighted by Gasteiger charge is 2.22. The van der Waals surface area contributed by atoms with Crippen molar-refractivity contribution in [2.75, 3.05) is 26.0 Å². The third-order valence-electron chi connectivity index (χ3n) is 3.60. The van der Waals surface area contributed by atoms with Crippen LogP contribution < -0.4 is 15.8 Å². The Morgan fingerprint density at radius 3 is 2.62 bits per heavy atom. The van der Waals surface area contributed by atoms with Gasteiger partial charge < -0.3 is 25.4 Å². The van der Waals surface area contributed by atoms with Crippen LogP contribution in [-0.4, -0.2) is 49.3 Å². The van der Waals surface area contributed by atoms with Crippen molar-refractivity contribution in [3.05, 3.63) is 23.2 Å². The highest BCUT2D eigenvalue weighted by molar-refractivity contribution is 6.32. The van der Waals surface area contributed by atoms with E-state index >= 15 is 0 Å². The number of halogens is 1. The first-order valence-electron chi connectivity index (χ1n) is 8.39. The van der Waals surface area contributed by atoms with Crippen LogP contribution in [0.25, 0.3) is 0 Å². The zero-order chi connectivity index (χ0) is 19.9. The monoisotopic (exact) mass is 384 g/mol. The minimum Gasteiger partial charge on any atom is -0.495 e. The summed E-state index contributed by atoms with van der Waals surface area (Å²) >= 11 is 6.07. The summed E-state index contributed by atoms with van der Waals surface area (Å²) in [6, 6.07) is 5.22. The van der Waals surface area contributed by atoms with Crippen LogP contribution in [0, 0.1) is 0 Å². The first kappa shape index (κ1) is 21.9. The number of guanidine groups is 1. The number of nitrogens with one attached hydrogen (secondary N) is 1. The first-order valence-corrected chi connectivity index (χ1v) is 8.77. The standard InChI is InChI=1S/C18H29ClN4O3/c1-12(23(5)17(24)26-18(2,3)4)9-10-21-16(20)22-13-7-8-15(25-6)14(19)11-13/h7-8,11-12H,9-10H2,1-6H3,(H3,20,21,22). The first-order chi connectivity index (χ1) is 12.0. The number of aliphatic imine (C=N–C) groups is 1. The topological polar surface area (TPSA) is 89.2 Å². The van der Waals surface area contributed by atoms with Crippen LogP contribution in [0.15, 0.2) is 23.2 Å². The second-order valence-electron chi connectivity index (χ2n) is 6.97. The van der Waals surface area contributed by atoms with E-state index in [9.17, 15) is 4.79 Å². The van der Waals surface area contributed by atoms with Gasteiger partial charge in [-0.3, -0.25) is 4.99 Å². The summed E-state index contributed by atoms with van der Waals surface area (Å²) in [5, 5.41) is 3.46. The number of benzene rings is 1. The van der Waals surface area contributed by atoms with E-state index in [-0.39, 0.29) is 18.1 Å². The Labute approximate surface area is 160 Å². The van der Waals surface area contributed by atoms with Crippen molar-refractivity contribution in [3.8, 4) is 5.75 Å². The summed E-state index contributed by atoms with van der Waals surface area (Å²) < 4.78 is 10.5. The molecule has 0 saturated heterocycles. The molecule has 0 aliphatic rings. The molecule has 0 heterocycles. The molecule has 0 radical (unpaired) electrons. The lowest BCUT2D eigenvalue weighted by Crippen LogP contribution is -2.39. The number of methoxy groups -OCH3 is 1. The average molecular weight is 385 g/mol. The fourth-order valence-corrected chi connectivity index (χ4v) is 2.27. The quantitative estimate of drug-likeness (QED) is 0.576. The van der Waals surface area contributed by atoms with E-state index in [1.54, 1.807) is 37.3 Å². The summed E-state index contributed by atoms with van der Waals surface area (Å²) in [4.78, 5) is 17.9. The molecule has 1 aromatic carbocycles. The van der Waals surface area contributed by atoms with Gasteiger partial charge in [0.15, 0.2) is 5.96 Å². The van der Waals surface area contributed by atoms with Crippen LogP contribution in [0.1, 0.15) is 34.1 Å². The molecular weight excluding hydrogens is 356 g/mol. The van der Waals surface area contributed by atoms with Crippen LogP contribution in [0.5, 0.6) is 5.75 Å². The zero-order valence-corrected chi connectivity index (χ0v) is 17.1. The van der Waals surface area contributed by atoms with Crippen LogP contribution in [0.2, 0.25) is 5.02 Å². The van der Waals surface area contributed by atoms with Crippen molar-refractivity contribution in [3.63, 3.8) is 0 Å². The molecule has 0 aliphatic carbocycles. The van der Waals surface area contributed by atoms with Gasteiger partial charge in [0.1, 0.15) is 11.4 Å². The van der Waals surface area contributed by atoms with Gasteiger partial charge in [-0.05, 0) is 52.3 Å². The lowest BCUT2D eigenvalue weighted by atomic mass is 10.2. The van der Waals surface area contributed by atoms with Crippen molar-refractivity contribution in [2.45, 2.75) is 45.8 Å². The Kier molecular flexibility index (Phi) is 8.02. The number of nitrogens with zero attached hydrogens (tertiary/aromatic N) is 2. The third kappa shape index (κ3) is 7.39. The number of ether oxygens (including phenoxy) is 2. The van der Waals surface area contributed by atoms with Gasteiger partial charge in [0.05, 0.1) is 12.1 Å². The minimum atomic E-state index is -0.517. The fourth-order valence-electron chi connectivity index (χ4n) is 2.01. The molecular formula is C18H29ClN4O3. The molecule has 0 aliphatic heterocycles. The summed E-state index contributed by atoms with van der Waals surface area (Å²) in [6.07, 6.45) is 0.301. The van der Waals surface area contributed by atoms with Crippen LogP contribution in [-0.2, 0) is 4.74 Å². The molecule has 3 N–H and O–H groups in total. The number of rotatable bonds is 6. The molecule has 0 spiro atoms. The van der Waals surface area contributed by atoms with Crippen molar-refractivity contribution in [1.29, 1.82) is 0 Å². The Morgan fingerprint density at radius 2 is 2.08 bits per heavy atom. The summed E-state index contributed by atoms with van der Waals surface area (Å²) in [7, 11) is 3.27. The Morgan fingerprint density at radius 1 is 1.42 bits per heavy atom. The van der Waals surface area contributed by atoms with Gasteiger partial charge in [0.2, 0.25) is 0 Å². The van der Waals surface area contributed by atoms with Crippen LogP contribution in [0.4, 0.5) is 10.5 Å². The molecule has 0 saturated carbocycles. The number of hydrogen-bond acceptors (Lipinski definition) is 4. The molecule has 1 aromatic rings. The van der Waals surface area contributed by atoms with Gasteiger partial charge >= 0.3 is 6.09 Å². The summed E-state index contributed by atoms with van der Waals surface area (Å²) in [6.45, 7) is 7.92. The van der Waals surface area contributed by atoms with Gasteiger partial charge in [0.25, 0.3) is 0 Å². The molecule has 1 unspecified atom stereocenters. The van der Waals surface area contributed by atoms with Gasteiger partial charge in [-0.15, -0.1) is 0 Å². The Balaban J connectivity index is 2.51. The second kappa shape index (κ2) is 9.52. The van der Waals surface area contributed by atoms with Gasteiger partial charge in [0, 0.05) is 25.3 Å². The molecule has 1 amide bonds. The predicted molar refractivity (Wildman–Crippen MR) is 106 cm³/mol. The number of amides is 1. The number of nitrogens with two attached hydrogens (primary N) is 1. The molecule has 1 rings (SSSR count). The lowest BCUT2D eigenvalue weighted by Gasteiger charge is -2.28. The Hall–Kier alpha value is -2.15. The number of carbonyl (C=O) groups excluding carboxylic acids is 1. The average Bonchev–Trinajstić information content (AvgIpc) is 2.52. The van der Waals surface area contributed by atoms with E-state index in [1.807, 2.05) is 27.7 Å². The molecule has 1 atom stereocenters. The normalized spacial score (nSPS) is 13.1. The maximum absolute atomic E-state index is 12.0. The predicted octanol–water partition coefficient (Wildman–Crippen LogP) is 3.72. The fraction of sp³-hybridized carbons (Fsp3) is 0.556. The van der Waals surface area contributed by atoms with Gasteiger partial charge in [-0.25, -0.2) is 4.79 Å². The number of hydrogen-bond donors (Lipinski definition) is 2. The summed E-state index contributed by atoms with van der Waals surface area (Å²) in [5.41, 5.74) is 6.09. The van der Waals surface area contributed by atoms with E-state index in [4.69, 9.17) is 26.8 Å². The second-order valence-corrected chi connectivity index (χ2v) is 7.38. The van der Waals surface area contributed by atoms with Gasteiger partial charge in [-0.2, -0.15) is 0 Å². The maximum Gasteiger partial charge on any atom is 0.410 e. The highest BCUT2D eigenvalue weighted by atomic mass is 35.5. The molecule has 0 fully saturated rings. The number of carbonyl (C=O) groups is 1. The third-order valence-corrected chi connectivity index (χ3v) is 3.89. The molecule has 0 bridgehead atoms. The van der Waals surface area contributed by atoms with E-state index in [0.29, 0.717) is 23.7 Å². The van der Waals surface area contributed by atoms with Crippen LogP contribution in [0.3, 0.4) is 0 Å². The largest absolute Gasteiger partial charge is 0.495 e. The summed E-state index contributed by atoms with van der Waals surface area (Å²) in [5.74, 6) is 0.866. The lowest BCUT2D eigenvalue weighted by molar-refractivity contribution is 0.0231. The molecule has 7 nitrogen and oxygen atoms in total. The van der Waals surface area contributed by atoms with Crippen molar-refractivity contribution in [2.24, 2.45) is 10.7 Å². The van der Waals surface area contributed by atoms with Crippen molar-refractivity contribution < 1.29 is 14.3 Å². The molecule has 26 heavy (non-hydrogen) atoms. The smallest absolute Gasteiger partial charge is 0.410 e. The molecule has 146 valence electrons. The van der Waals surface area contributed by atoms with E-state index in [0.717, 1.165) is 5.69 Å². The maximum atomic E-state index is 12.0. The van der Waals surface area contributed by atoms with E-state index in [1.165, 1.54) is 0 Å². The molecule has 8 heteroatoms. The number of anilines is 1. The van der Waals surface area contributed by atoms with Crippen molar-refractivity contribution >= 4 is 29.3 Å². The minimum absolute atomic E-state index is 0.0307. The molecule has 0 aromatic heterocycles. The van der Waals surface area contributed by atoms with Crippen LogP contribution >= 0.6 is 11.6 Å². The van der Waals surface area contributed by atoms with Gasteiger partial charge in [-0.1, -0.05) is 11.6 Å². The van der Waals surface area contributed by atoms with E-state index in [2.05, 4.69) is 10.3 Å².